The van der Waals surface area contributed by atoms with Crippen LogP contribution < -0.4 is 5.32 Å². The third-order valence-electron chi connectivity index (χ3n) is 3.98. The number of nitrogens with zero attached hydrogens (tertiary/aromatic N) is 2. The van der Waals surface area contributed by atoms with E-state index in [1.54, 1.807) is 0 Å². The maximum absolute atomic E-state index is 5.49. The Hall–Kier alpha value is -3.58. The lowest BCUT2D eigenvalue weighted by Crippen LogP contribution is -1.99. The number of fused-ring (bicyclic) bond motifs is 1. The number of terminal acetylenes is 1. The highest BCUT2D eigenvalue weighted by Gasteiger charge is 2.11. The zero-order chi connectivity index (χ0) is 17.2. The standard InChI is InChI=1S/C21H16N4/c1-3-15-7-5-9-17(13-15)23-21-18-10-11-22-20(18)24-19(25-21)16-8-4-6-14(2)12-16/h1,4-13H,2H3,(H2,22,23,24,25). The maximum atomic E-state index is 5.49. The van der Waals surface area contributed by atoms with Crippen LogP contribution in [0, 0.1) is 19.3 Å². The number of aryl methyl sites for hydroxylation is 1. The van der Waals surface area contributed by atoms with Crippen molar-refractivity contribution >= 4 is 22.5 Å². The minimum atomic E-state index is 0.675. The van der Waals surface area contributed by atoms with E-state index in [1.165, 1.54) is 5.56 Å². The van der Waals surface area contributed by atoms with Gasteiger partial charge in [0.05, 0.1) is 5.39 Å². The van der Waals surface area contributed by atoms with Gasteiger partial charge in [-0.15, -0.1) is 6.42 Å². The number of anilines is 2. The van der Waals surface area contributed by atoms with E-state index in [0.717, 1.165) is 33.7 Å². The number of aromatic nitrogens is 3. The molecule has 0 radical (unpaired) electrons. The summed E-state index contributed by atoms with van der Waals surface area (Å²) in [6, 6.07) is 17.8. The first-order valence-corrected chi connectivity index (χ1v) is 7.99. The molecule has 25 heavy (non-hydrogen) atoms. The molecular formula is C21H16N4. The molecule has 0 aliphatic rings. The van der Waals surface area contributed by atoms with Gasteiger partial charge >= 0.3 is 0 Å². The molecule has 0 aliphatic carbocycles. The Balaban J connectivity index is 1.82. The summed E-state index contributed by atoms with van der Waals surface area (Å²) in [5.41, 5.74) is 4.66. The summed E-state index contributed by atoms with van der Waals surface area (Å²) >= 11 is 0. The molecule has 0 unspecified atom stereocenters. The molecule has 0 bridgehead atoms. The monoisotopic (exact) mass is 324 g/mol. The van der Waals surface area contributed by atoms with E-state index in [4.69, 9.17) is 11.4 Å². The zero-order valence-electron chi connectivity index (χ0n) is 13.7. The highest BCUT2D eigenvalue weighted by Crippen LogP contribution is 2.27. The topological polar surface area (TPSA) is 53.6 Å². The molecule has 0 saturated heterocycles. The molecule has 4 aromatic rings. The van der Waals surface area contributed by atoms with Crippen molar-refractivity contribution in [1.29, 1.82) is 0 Å². The van der Waals surface area contributed by atoms with Crippen LogP contribution in [0.4, 0.5) is 11.5 Å². The van der Waals surface area contributed by atoms with Gasteiger partial charge in [0.15, 0.2) is 5.82 Å². The van der Waals surface area contributed by atoms with E-state index >= 15 is 0 Å². The molecule has 2 aromatic carbocycles. The number of benzene rings is 2. The molecule has 2 N–H and O–H groups in total. The Kier molecular flexibility index (Phi) is 3.68. The van der Waals surface area contributed by atoms with Gasteiger partial charge in [-0.25, -0.2) is 9.97 Å². The van der Waals surface area contributed by atoms with Gasteiger partial charge in [-0.2, -0.15) is 0 Å². The average molecular weight is 324 g/mol. The lowest BCUT2D eigenvalue weighted by molar-refractivity contribution is 1.20. The van der Waals surface area contributed by atoms with Gasteiger partial charge in [0.25, 0.3) is 0 Å². The van der Waals surface area contributed by atoms with Gasteiger partial charge in [-0.3, -0.25) is 0 Å². The summed E-state index contributed by atoms with van der Waals surface area (Å²) in [7, 11) is 0. The van der Waals surface area contributed by atoms with Crippen molar-refractivity contribution in [2.45, 2.75) is 6.92 Å². The van der Waals surface area contributed by atoms with Crippen molar-refractivity contribution in [3.05, 3.63) is 71.9 Å². The summed E-state index contributed by atoms with van der Waals surface area (Å²) < 4.78 is 0. The van der Waals surface area contributed by atoms with Crippen molar-refractivity contribution in [3.63, 3.8) is 0 Å². The first kappa shape index (κ1) is 15.0. The molecule has 0 atom stereocenters. The number of nitrogens with one attached hydrogen (secondary N) is 2. The molecule has 2 aromatic heterocycles. The first-order valence-electron chi connectivity index (χ1n) is 7.99. The van der Waals surface area contributed by atoms with Crippen molar-refractivity contribution < 1.29 is 0 Å². The van der Waals surface area contributed by atoms with Gasteiger partial charge in [0, 0.05) is 23.0 Å². The Morgan fingerprint density at radius 1 is 1.04 bits per heavy atom. The first-order chi connectivity index (χ1) is 12.2. The van der Waals surface area contributed by atoms with E-state index in [0.29, 0.717) is 5.82 Å². The van der Waals surface area contributed by atoms with Gasteiger partial charge in [0.1, 0.15) is 11.5 Å². The summed E-state index contributed by atoms with van der Waals surface area (Å²) in [6.45, 7) is 2.06. The lowest BCUT2D eigenvalue weighted by Gasteiger charge is -2.10. The predicted molar refractivity (Wildman–Crippen MR) is 102 cm³/mol. The Labute approximate surface area is 146 Å². The van der Waals surface area contributed by atoms with E-state index in [1.807, 2.05) is 48.7 Å². The maximum Gasteiger partial charge on any atom is 0.163 e. The van der Waals surface area contributed by atoms with E-state index in [2.05, 4.69) is 40.3 Å². The summed E-state index contributed by atoms with van der Waals surface area (Å²) in [5.74, 6) is 4.07. The fourth-order valence-corrected chi connectivity index (χ4v) is 2.77. The highest BCUT2D eigenvalue weighted by molar-refractivity contribution is 5.90. The van der Waals surface area contributed by atoms with Crippen molar-refractivity contribution in [1.82, 2.24) is 15.0 Å². The molecule has 0 saturated carbocycles. The minimum absolute atomic E-state index is 0.675. The molecular weight excluding hydrogens is 308 g/mol. The van der Waals surface area contributed by atoms with E-state index in [9.17, 15) is 0 Å². The number of aromatic amines is 1. The number of hydrogen-bond acceptors (Lipinski definition) is 3. The Bertz CT molecular complexity index is 1100. The fourth-order valence-electron chi connectivity index (χ4n) is 2.77. The molecule has 0 amide bonds. The summed E-state index contributed by atoms with van der Waals surface area (Å²) in [4.78, 5) is 12.6. The molecule has 2 heterocycles. The second kappa shape index (κ2) is 6.14. The molecule has 0 aliphatic heterocycles. The lowest BCUT2D eigenvalue weighted by atomic mass is 10.1. The van der Waals surface area contributed by atoms with E-state index in [-0.39, 0.29) is 0 Å². The second-order valence-electron chi connectivity index (χ2n) is 5.86. The SMILES string of the molecule is C#Cc1cccc(Nc2nc(-c3cccc(C)c3)nc3[nH]ccc23)c1. The number of hydrogen-bond donors (Lipinski definition) is 2. The highest BCUT2D eigenvalue weighted by atomic mass is 15.1. The van der Waals surface area contributed by atoms with Gasteiger partial charge < -0.3 is 10.3 Å². The third kappa shape index (κ3) is 2.96. The van der Waals surface area contributed by atoms with Gasteiger partial charge in [-0.05, 0) is 37.3 Å². The molecule has 4 nitrogen and oxygen atoms in total. The van der Waals surface area contributed by atoms with Crippen molar-refractivity contribution in [2.24, 2.45) is 0 Å². The van der Waals surface area contributed by atoms with Gasteiger partial charge in [-0.1, -0.05) is 35.7 Å². The molecule has 0 fully saturated rings. The molecule has 120 valence electrons. The van der Waals surface area contributed by atoms with Crippen LogP contribution in [0.1, 0.15) is 11.1 Å². The molecule has 4 rings (SSSR count). The van der Waals surface area contributed by atoms with Crippen molar-refractivity contribution in [2.75, 3.05) is 5.32 Å². The average Bonchev–Trinajstić information content (AvgIpc) is 3.11. The number of H-pyrrole nitrogens is 1. The predicted octanol–water partition coefficient (Wildman–Crippen LogP) is 4.66. The van der Waals surface area contributed by atoms with Crippen LogP contribution >= 0.6 is 0 Å². The second-order valence-corrected chi connectivity index (χ2v) is 5.86. The van der Waals surface area contributed by atoms with Crippen LogP contribution in [0.25, 0.3) is 22.4 Å². The number of rotatable bonds is 3. The van der Waals surface area contributed by atoms with Crippen LogP contribution in [0.5, 0.6) is 0 Å². The minimum Gasteiger partial charge on any atom is -0.346 e. The van der Waals surface area contributed by atoms with Crippen LogP contribution in [0.15, 0.2) is 60.8 Å². The van der Waals surface area contributed by atoms with Crippen molar-refractivity contribution in [3.8, 4) is 23.7 Å². The fraction of sp³-hybridized carbons (Fsp3) is 0.0476. The quantitative estimate of drug-likeness (QED) is 0.539. The van der Waals surface area contributed by atoms with E-state index < -0.39 is 0 Å². The summed E-state index contributed by atoms with van der Waals surface area (Å²) in [6.07, 6.45) is 7.36. The Morgan fingerprint density at radius 2 is 1.92 bits per heavy atom. The third-order valence-corrected chi connectivity index (χ3v) is 3.98. The summed E-state index contributed by atoms with van der Waals surface area (Å²) in [5, 5.41) is 4.30. The van der Waals surface area contributed by atoms with Crippen LogP contribution in [-0.2, 0) is 0 Å². The molecule has 0 spiro atoms. The molecule has 4 heteroatoms. The Morgan fingerprint density at radius 3 is 2.76 bits per heavy atom. The van der Waals surface area contributed by atoms with Crippen LogP contribution in [0.2, 0.25) is 0 Å². The smallest absolute Gasteiger partial charge is 0.163 e. The zero-order valence-corrected chi connectivity index (χ0v) is 13.7. The van der Waals surface area contributed by atoms with Gasteiger partial charge in [0.2, 0.25) is 0 Å². The largest absolute Gasteiger partial charge is 0.346 e. The van der Waals surface area contributed by atoms with Crippen LogP contribution in [0.3, 0.4) is 0 Å². The van der Waals surface area contributed by atoms with Crippen LogP contribution in [-0.4, -0.2) is 15.0 Å². The normalized spacial score (nSPS) is 10.6.